The Labute approximate surface area is 194 Å². The summed E-state index contributed by atoms with van der Waals surface area (Å²) in [7, 11) is 3.23. The van der Waals surface area contributed by atoms with Gasteiger partial charge >= 0.3 is 0 Å². The molecule has 2 heterocycles. The number of hydrogen-bond donors (Lipinski definition) is 2. The van der Waals surface area contributed by atoms with Gasteiger partial charge in [-0.05, 0) is 53.8 Å². The molecule has 0 aliphatic rings. The highest BCUT2D eigenvalue weighted by molar-refractivity contribution is 8.00. The van der Waals surface area contributed by atoms with Crippen molar-refractivity contribution in [3.63, 3.8) is 0 Å². The van der Waals surface area contributed by atoms with E-state index in [9.17, 15) is 4.79 Å². The fraction of sp³-hybridized carbons (Fsp3) is 0.174. The van der Waals surface area contributed by atoms with Crippen molar-refractivity contribution >= 4 is 34.6 Å². The predicted octanol–water partition coefficient (Wildman–Crippen LogP) is 3.46. The number of amides is 1. The molecule has 0 spiro atoms. The highest BCUT2D eigenvalue weighted by atomic mass is 32.2. The van der Waals surface area contributed by atoms with Gasteiger partial charge in [0.2, 0.25) is 0 Å². The Bertz CT molecular complexity index is 1320. The van der Waals surface area contributed by atoms with E-state index in [4.69, 9.17) is 20.4 Å². The van der Waals surface area contributed by atoms with E-state index in [2.05, 4.69) is 20.3 Å². The van der Waals surface area contributed by atoms with Gasteiger partial charge in [-0.1, -0.05) is 11.2 Å². The first kappa shape index (κ1) is 22.1. The van der Waals surface area contributed by atoms with Crippen molar-refractivity contribution in [3.8, 4) is 23.8 Å². The van der Waals surface area contributed by atoms with Crippen LogP contribution in [0.3, 0.4) is 0 Å². The molecule has 0 fully saturated rings. The second-order valence-electron chi connectivity index (χ2n) is 6.96. The molecule has 2 N–H and O–H groups in total. The molecule has 0 aliphatic carbocycles. The van der Waals surface area contributed by atoms with Crippen LogP contribution >= 0.6 is 11.9 Å². The summed E-state index contributed by atoms with van der Waals surface area (Å²) in [6.45, 7) is 0.797. The third-order valence-corrected chi connectivity index (χ3v) is 5.53. The summed E-state index contributed by atoms with van der Waals surface area (Å²) < 4.78 is 21.4. The lowest BCUT2D eigenvalue weighted by molar-refractivity contribution is -0.115. The molecule has 0 radical (unpaired) electrons. The van der Waals surface area contributed by atoms with E-state index in [1.54, 1.807) is 25.1 Å². The average molecular weight is 464 g/mol. The number of nitrogens with zero attached hydrogens (tertiary/aromatic N) is 3. The lowest BCUT2D eigenvalue weighted by Gasteiger charge is -2.08. The van der Waals surface area contributed by atoms with Crippen molar-refractivity contribution in [1.82, 2.24) is 20.3 Å². The monoisotopic (exact) mass is 463 g/mol. The summed E-state index contributed by atoms with van der Waals surface area (Å²) in [4.78, 5) is 12.2. The van der Waals surface area contributed by atoms with Crippen LogP contribution in [0.1, 0.15) is 11.1 Å². The number of anilines is 1. The maximum atomic E-state index is 11.2. The Kier molecular flexibility index (Phi) is 6.71. The van der Waals surface area contributed by atoms with Crippen molar-refractivity contribution in [2.45, 2.75) is 18.0 Å². The molecule has 4 rings (SSSR count). The fourth-order valence-corrected chi connectivity index (χ4v) is 3.86. The molecule has 10 heteroatoms. The molecule has 0 saturated carbocycles. The van der Waals surface area contributed by atoms with Crippen molar-refractivity contribution in [2.24, 2.45) is 0 Å². The van der Waals surface area contributed by atoms with E-state index in [0.29, 0.717) is 30.2 Å². The molecule has 33 heavy (non-hydrogen) atoms. The summed E-state index contributed by atoms with van der Waals surface area (Å²) in [5.41, 5.74) is 2.35. The number of fused-ring (bicyclic) bond motifs is 1. The van der Waals surface area contributed by atoms with E-state index in [0.717, 1.165) is 27.2 Å². The van der Waals surface area contributed by atoms with Crippen LogP contribution in [0.15, 0.2) is 58.2 Å². The lowest BCUT2D eigenvalue weighted by atomic mass is 10.1. The Morgan fingerprint density at radius 2 is 2.12 bits per heavy atom. The fourth-order valence-electron chi connectivity index (χ4n) is 3.19. The number of carbonyl (C=O) groups is 1. The maximum Gasteiger partial charge on any atom is 0.295 e. The van der Waals surface area contributed by atoms with Gasteiger partial charge in [-0.25, -0.2) is 0 Å². The van der Waals surface area contributed by atoms with E-state index in [-0.39, 0.29) is 0 Å². The summed E-state index contributed by atoms with van der Waals surface area (Å²) in [5, 5.41) is 11.9. The highest BCUT2D eigenvalue weighted by Gasteiger charge is 2.16. The molecule has 0 unspecified atom stereocenters. The molecule has 1 amide bonds. The molecule has 0 atom stereocenters. The Balaban J connectivity index is 1.50. The largest absolute Gasteiger partial charge is 0.497 e. The average Bonchev–Trinajstić information content (AvgIpc) is 3.47. The Morgan fingerprint density at radius 1 is 1.24 bits per heavy atom. The number of nitrogens with one attached hydrogen (secondary N) is 2. The third kappa shape index (κ3) is 5.22. The molecule has 9 nitrogen and oxygen atoms in total. The summed E-state index contributed by atoms with van der Waals surface area (Å²) >= 11 is 1.40. The smallest absolute Gasteiger partial charge is 0.295 e. The minimum Gasteiger partial charge on any atom is -0.497 e. The normalized spacial score (nSPS) is 10.6. The molecule has 2 aromatic heterocycles. The van der Waals surface area contributed by atoms with Crippen LogP contribution in [-0.4, -0.2) is 35.1 Å². The molecule has 0 aliphatic heterocycles. The molecule has 4 aromatic rings. The number of rotatable bonds is 9. The SMILES string of the molecule is C#CC(=O)NCc1cnn(Cc2cc(OC)c3c(NSc4cccc(OC)c4)noc3c2)c1. The van der Waals surface area contributed by atoms with E-state index in [1.807, 2.05) is 48.5 Å². The zero-order valence-electron chi connectivity index (χ0n) is 18.0. The number of terminal acetylenes is 1. The topological polar surface area (TPSA) is 103 Å². The van der Waals surface area contributed by atoms with E-state index < -0.39 is 5.91 Å². The summed E-state index contributed by atoms with van der Waals surface area (Å²) in [5.74, 6) is 3.52. The van der Waals surface area contributed by atoms with Gasteiger partial charge in [0.05, 0.1) is 27.0 Å². The third-order valence-electron chi connectivity index (χ3n) is 4.74. The van der Waals surface area contributed by atoms with Crippen LogP contribution in [0.2, 0.25) is 0 Å². The number of methoxy groups -OCH3 is 2. The van der Waals surface area contributed by atoms with Gasteiger partial charge in [-0.2, -0.15) is 5.10 Å². The number of hydrogen-bond acceptors (Lipinski definition) is 8. The second kappa shape index (κ2) is 10.0. The number of ether oxygens (including phenoxy) is 2. The molecule has 0 saturated heterocycles. The highest BCUT2D eigenvalue weighted by Crippen LogP contribution is 2.36. The van der Waals surface area contributed by atoms with Crippen LogP contribution in [0.5, 0.6) is 11.5 Å². The van der Waals surface area contributed by atoms with Gasteiger partial charge < -0.3 is 24.0 Å². The molecular formula is C23H21N5O4S. The van der Waals surface area contributed by atoms with Crippen molar-refractivity contribution in [3.05, 3.63) is 59.9 Å². The number of carbonyl (C=O) groups excluding carboxylic acids is 1. The van der Waals surface area contributed by atoms with Crippen LogP contribution in [0, 0.1) is 12.3 Å². The molecule has 2 aromatic carbocycles. The van der Waals surface area contributed by atoms with Gasteiger partial charge in [-0.3, -0.25) is 9.48 Å². The lowest BCUT2D eigenvalue weighted by Crippen LogP contribution is -2.20. The number of benzene rings is 2. The quantitative estimate of drug-likeness (QED) is 0.287. The van der Waals surface area contributed by atoms with E-state index >= 15 is 0 Å². The molecule has 168 valence electrons. The molecule has 0 bridgehead atoms. The van der Waals surface area contributed by atoms with Gasteiger partial charge in [0.15, 0.2) is 11.4 Å². The standard InChI is InChI=1S/C23H21N5O4S/c1-4-21(29)24-11-16-12-25-28(14-16)13-15-8-19(31-3)22-20(9-15)32-26-23(22)27-33-18-7-5-6-17(10-18)30-2/h1,5-10,12,14H,11,13H2,2-3H3,(H,24,29)(H,26,27). The molecular weight excluding hydrogens is 442 g/mol. The van der Waals surface area contributed by atoms with Gasteiger partial charge in [-0.15, -0.1) is 6.42 Å². The second-order valence-corrected chi connectivity index (χ2v) is 7.84. The predicted molar refractivity (Wildman–Crippen MR) is 125 cm³/mol. The zero-order chi connectivity index (χ0) is 23.2. The van der Waals surface area contributed by atoms with E-state index in [1.165, 1.54) is 11.9 Å². The van der Waals surface area contributed by atoms with Crippen molar-refractivity contribution in [2.75, 3.05) is 18.9 Å². The minimum atomic E-state index is -0.461. The summed E-state index contributed by atoms with van der Waals surface area (Å²) in [6.07, 6.45) is 8.58. The number of aromatic nitrogens is 3. The first-order valence-electron chi connectivity index (χ1n) is 9.88. The van der Waals surface area contributed by atoms with Crippen molar-refractivity contribution in [1.29, 1.82) is 0 Å². The van der Waals surface area contributed by atoms with Gasteiger partial charge in [0.25, 0.3) is 5.91 Å². The summed E-state index contributed by atoms with van der Waals surface area (Å²) in [6, 6.07) is 11.5. The van der Waals surface area contributed by atoms with Crippen LogP contribution in [-0.2, 0) is 17.9 Å². The van der Waals surface area contributed by atoms with Crippen LogP contribution in [0.25, 0.3) is 11.0 Å². The van der Waals surface area contributed by atoms with Gasteiger partial charge in [0, 0.05) is 23.2 Å². The first-order valence-corrected chi connectivity index (χ1v) is 10.7. The van der Waals surface area contributed by atoms with Crippen molar-refractivity contribution < 1.29 is 18.8 Å². The van der Waals surface area contributed by atoms with Crippen LogP contribution in [0.4, 0.5) is 5.82 Å². The minimum absolute atomic E-state index is 0.313. The maximum absolute atomic E-state index is 11.2. The van der Waals surface area contributed by atoms with Crippen LogP contribution < -0.4 is 19.5 Å². The Morgan fingerprint density at radius 3 is 2.91 bits per heavy atom. The zero-order valence-corrected chi connectivity index (χ0v) is 18.8. The Hall–Kier alpha value is -4.10. The van der Waals surface area contributed by atoms with Gasteiger partial charge in [0.1, 0.15) is 16.9 Å². The first-order chi connectivity index (χ1) is 16.1.